The summed E-state index contributed by atoms with van der Waals surface area (Å²) in [6.07, 6.45) is 1.60. The third kappa shape index (κ3) is 2.40. The first-order chi connectivity index (χ1) is 10.0. The summed E-state index contributed by atoms with van der Waals surface area (Å²) >= 11 is 3.37. The second kappa shape index (κ2) is 5.11. The van der Waals surface area contributed by atoms with Crippen molar-refractivity contribution in [1.82, 2.24) is 10.1 Å². The minimum atomic E-state index is -0.818. The van der Waals surface area contributed by atoms with E-state index in [0.29, 0.717) is 5.69 Å². The normalized spacial score (nSPS) is 22.1. The Bertz CT molecular complexity index is 681. The van der Waals surface area contributed by atoms with E-state index in [0.717, 1.165) is 10.0 Å². The van der Waals surface area contributed by atoms with Gasteiger partial charge in [-0.3, -0.25) is 14.5 Å². The lowest BCUT2D eigenvalue weighted by molar-refractivity contribution is -0.140. The number of amides is 2. The third-order valence-electron chi connectivity index (χ3n) is 3.82. The highest BCUT2D eigenvalue weighted by molar-refractivity contribution is 9.10. The Morgan fingerprint density at radius 2 is 2.00 bits per heavy atom. The van der Waals surface area contributed by atoms with Crippen LogP contribution in [-0.2, 0) is 21.5 Å². The van der Waals surface area contributed by atoms with Gasteiger partial charge in [-0.1, -0.05) is 33.2 Å². The van der Waals surface area contributed by atoms with Gasteiger partial charge >= 0.3 is 0 Å². The first-order valence-corrected chi connectivity index (χ1v) is 7.30. The molecule has 1 atom stereocenters. The van der Waals surface area contributed by atoms with E-state index in [9.17, 15) is 9.59 Å². The van der Waals surface area contributed by atoms with Gasteiger partial charge in [0.15, 0.2) is 0 Å². The fourth-order valence-electron chi connectivity index (χ4n) is 2.57. The minimum Gasteiger partial charge on any atom is -0.364 e. The largest absolute Gasteiger partial charge is 0.364 e. The Kier molecular flexibility index (Phi) is 3.41. The number of rotatable bonds is 3. The van der Waals surface area contributed by atoms with Crippen molar-refractivity contribution in [2.75, 3.05) is 0 Å². The summed E-state index contributed by atoms with van der Waals surface area (Å²) in [7, 11) is 0. The molecule has 1 unspecified atom stereocenters. The van der Waals surface area contributed by atoms with Crippen LogP contribution in [0.3, 0.4) is 0 Å². The lowest BCUT2D eigenvalue weighted by Gasteiger charge is -2.22. The van der Waals surface area contributed by atoms with E-state index >= 15 is 0 Å². The van der Waals surface area contributed by atoms with Crippen LogP contribution < -0.4 is 0 Å². The predicted molar refractivity (Wildman–Crippen MR) is 78.2 cm³/mol. The van der Waals surface area contributed by atoms with Crippen molar-refractivity contribution in [3.05, 3.63) is 52.3 Å². The minimum absolute atomic E-state index is 0.153. The molecule has 1 aromatic carbocycles. The van der Waals surface area contributed by atoms with Gasteiger partial charge < -0.3 is 4.52 Å². The van der Waals surface area contributed by atoms with Crippen molar-refractivity contribution in [1.29, 1.82) is 0 Å². The average Bonchev–Trinajstić information content (AvgIpc) is 3.03. The number of hydrogen-bond donors (Lipinski definition) is 0. The lowest BCUT2D eigenvalue weighted by atomic mass is 9.81. The van der Waals surface area contributed by atoms with E-state index in [4.69, 9.17) is 4.52 Å². The van der Waals surface area contributed by atoms with Crippen molar-refractivity contribution in [3.8, 4) is 0 Å². The summed E-state index contributed by atoms with van der Waals surface area (Å²) in [4.78, 5) is 26.1. The summed E-state index contributed by atoms with van der Waals surface area (Å²) in [5, 5.41) is 3.75. The van der Waals surface area contributed by atoms with Gasteiger partial charge in [0.1, 0.15) is 12.0 Å². The molecule has 21 heavy (non-hydrogen) atoms. The van der Waals surface area contributed by atoms with Gasteiger partial charge in [0.2, 0.25) is 11.8 Å². The number of halogens is 1. The van der Waals surface area contributed by atoms with Crippen molar-refractivity contribution in [2.45, 2.75) is 25.3 Å². The quantitative estimate of drug-likeness (QED) is 0.800. The number of nitrogens with zero attached hydrogens (tertiary/aromatic N) is 2. The van der Waals surface area contributed by atoms with Gasteiger partial charge in [-0.2, -0.15) is 0 Å². The summed E-state index contributed by atoms with van der Waals surface area (Å²) in [5.41, 5.74) is 0.588. The second-order valence-electron chi connectivity index (χ2n) is 5.29. The first-order valence-electron chi connectivity index (χ1n) is 6.51. The molecule has 108 valence electrons. The molecular formula is C15H13BrN2O3. The van der Waals surface area contributed by atoms with Crippen LogP contribution in [-0.4, -0.2) is 21.9 Å². The molecule has 6 heteroatoms. The lowest BCUT2D eigenvalue weighted by Crippen LogP contribution is -2.36. The number of imide groups is 1. The number of carbonyl (C=O) groups excluding carboxylic acids is 2. The molecule has 2 aromatic rings. The zero-order chi connectivity index (χ0) is 15.0. The molecule has 2 heterocycles. The number of carbonyl (C=O) groups is 2. The third-order valence-corrected chi connectivity index (χ3v) is 4.34. The molecule has 1 aromatic heterocycles. The van der Waals surface area contributed by atoms with Gasteiger partial charge in [0.25, 0.3) is 0 Å². The van der Waals surface area contributed by atoms with Gasteiger partial charge in [-0.25, -0.2) is 0 Å². The molecule has 0 aliphatic carbocycles. The molecule has 1 aliphatic rings. The molecule has 1 fully saturated rings. The Labute approximate surface area is 130 Å². The van der Waals surface area contributed by atoms with Crippen LogP contribution in [0.25, 0.3) is 0 Å². The van der Waals surface area contributed by atoms with Crippen LogP contribution in [0.1, 0.15) is 24.6 Å². The number of likely N-dealkylation sites (tertiary alicyclic amines) is 1. The smallest absolute Gasteiger partial charge is 0.240 e. The van der Waals surface area contributed by atoms with E-state index in [-0.39, 0.29) is 24.8 Å². The van der Waals surface area contributed by atoms with Crippen molar-refractivity contribution in [3.63, 3.8) is 0 Å². The molecule has 0 saturated carbocycles. The second-order valence-corrected chi connectivity index (χ2v) is 6.21. The zero-order valence-corrected chi connectivity index (χ0v) is 13.0. The Hall–Kier alpha value is -1.95. The maximum Gasteiger partial charge on any atom is 0.240 e. The molecule has 3 rings (SSSR count). The highest BCUT2D eigenvalue weighted by atomic mass is 79.9. The monoisotopic (exact) mass is 348 g/mol. The highest BCUT2D eigenvalue weighted by Crippen LogP contribution is 2.37. The van der Waals surface area contributed by atoms with Gasteiger partial charge in [-0.15, -0.1) is 0 Å². The Morgan fingerprint density at radius 3 is 2.62 bits per heavy atom. The number of hydrogen-bond acceptors (Lipinski definition) is 4. The summed E-state index contributed by atoms with van der Waals surface area (Å²) < 4.78 is 5.68. The van der Waals surface area contributed by atoms with E-state index in [2.05, 4.69) is 21.1 Å². The van der Waals surface area contributed by atoms with Gasteiger partial charge in [0.05, 0.1) is 12.0 Å². The zero-order valence-electron chi connectivity index (χ0n) is 11.4. The maximum atomic E-state index is 12.7. The predicted octanol–water partition coefficient (Wildman–Crippen LogP) is 2.65. The molecule has 0 radical (unpaired) electrons. The van der Waals surface area contributed by atoms with Crippen molar-refractivity contribution >= 4 is 27.7 Å². The van der Waals surface area contributed by atoms with Gasteiger partial charge in [0, 0.05) is 17.0 Å². The summed E-state index contributed by atoms with van der Waals surface area (Å²) in [6, 6.07) is 9.14. The van der Waals surface area contributed by atoms with Crippen LogP contribution >= 0.6 is 15.9 Å². The molecular weight excluding hydrogens is 336 g/mol. The summed E-state index contributed by atoms with van der Waals surface area (Å²) in [6.45, 7) is 1.96. The Morgan fingerprint density at radius 1 is 1.29 bits per heavy atom. The standard InChI is InChI=1S/C15H13BrN2O3/c1-15(10-2-4-11(16)5-3-10)8-13(19)18(14(15)20)9-12-6-7-21-17-12/h2-7H,8-9H2,1H3. The van der Waals surface area contributed by atoms with Crippen molar-refractivity contribution in [2.24, 2.45) is 0 Å². The van der Waals surface area contributed by atoms with E-state index in [1.807, 2.05) is 24.3 Å². The van der Waals surface area contributed by atoms with E-state index < -0.39 is 5.41 Å². The molecule has 5 nitrogen and oxygen atoms in total. The average molecular weight is 349 g/mol. The van der Waals surface area contributed by atoms with Gasteiger partial charge in [-0.05, 0) is 24.6 Å². The topological polar surface area (TPSA) is 63.4 Å². The van der Waals surface area contributed by atoms with Crippen LogP contribution in [0.2, 0.25) is 0 Å². The molecule has 1 saturated heterocycles. The van der Waals surface area contributed by atoms with E-state index in [1.54, 1.807) is 13.0 Å². The highest BCUT2D eigenvalue weighted by Gasteiger charge is 2.49. The fraction of sp³-hybridized carbons (Fsp3) is 0.267. The van der Waals surface area contributed by atoms with E-state index in [1.165, 1.54) is 11.2 Å². The van der Waals surface area contributed by atoms with Crippen LogP contribution in [0.4, 0.5) is 0 Å². The molecule has 0 spiro atoms. The number of aromatic nitrogens is 1. The maximum absolute atomic E-state index is 12.7. The molecule has 0 bridgehead atoms. The van der Waals surface area contributed by atoms with Crippen molar-refractivity contribution < 1.29 is 14.1 Å². The fourth-order valence-corrected chi connectivity index (χ4v) is 2.83. The van der Waals surface area contributed by atoms with Crippen LogP contribution in [0, 0.1) is 0 Å². The number of benzene rings is 1. The molecule has 2 amide bonds. The van der Waals surface area contributed by atoms with Crippen LogP contribution in [0.5, 0.6) is 0 Å². The first kappa shape index (κ1) is 14.0. The Balaban J connectivity index is 1.90. The molecule has 1 aliphatic heterocycles. The molecule has 0 N–H and O–H groups in total. The van der Waals surface area contributed by atoms with Crippen LogP contribution in [0.15, 0.2) is 45.6 Å². The SMILES string of the molecule is CC1(c2ccc(Br)cc2)CC(=O)N(Cc2ccon2)C1=O. The summed E-state index contributed by atoms with van der Waals surface area (Å²) in [5.74, 6) is -0.383.